The van der Waals surface area contributed by atoms with Gasteiger partial charge in [0, 0.05) is 0 Å². The minimum atomic E-state index is -0.813. The van der Waals surface area contributed by atoms with E-state index in [2.05, 4.69) is 5.32 Å². The summed E-state index contributed by atoms with van der Waals surface area (Å²) in [6.45, 7) is 0. The molecule has 6 nitrogen and oxygen atoms in total. The van der Waals surface area contributed by atoms with Crippen molar-refractivity contribution in [1.82, 2.24) is 0 Å². The number of phenols is 1. The van der Waals surface area contributed by atoms with E-state index >= 15 is 0 Å². The van der Waals surface area contributed by atoms with Gasteiger partial charge in [0.1, 0.15) is 10.7 Å². The molecule has 0 aliphatic rings. The number of hydrogen-bond acceptors (Lipinski definition) is 5. The summed E-state index contributed by atoms with van der Waals surface area (Å²) in [5, 5.41) is 12.0. The monoisotopic (exact) mass is 266 g/mol. The molecule has 0 saturated heterocycles. The minimum Gasteiger partial charge on any atom is -0.505 e. The second kappa shape index (κ2) is 4.15. The Morgan fingerprint density at radius 1 is 1.28 bits per heavy atom. The number of rotatable bonds is 3. The van der Waals surface area contributed by atoms with E-state index in [-0.39, 0.29) is 22.0 Å². The normalized spacial score (nSPS) is 10.5. The molecule has 2 rings (SSSR count). The molecule has 0 fully saturated rings. The molecule has 2 aromatic carbocycles. The average Bonchev–Trinajstić information content (AvgIpc) is 2.35. The number of para-hydroxylation sites is 1. The highest BCUT2D eigenvalue weighted by Gasteiger charge is 2.20. The highest BCUT2D eigenvalue weighted by Crippen LogP contribution is 2.30. The predicted octanol–water partition coefficient (Wildman–Crippen LogP) is 0.484. The topological polar surface area (TPSA) is 109 Å². The standard InChI is InChI=1S/C11H7ClN2O4/c12-6-7(10(17)9(6)16)14-5-3-1-2-4(8(5)15)11(13)18/h1-3,14-15H,(H2,13,18). The second-order valence-corrected chi connectivity index (χ2v) is 3.92. The number of carbonyl (C=O) groups is 1. The van der Waals surface area contributed by atoms with Crippen molar-refractivity contribution < 1.29 is 9.90 Å². The number of halogens is 1. The molecular formula is C11H7ClN2O4. The van der Waals surface area contributed by atoms with Crippen LogP contribution in [0.4, 0.5) is 11.4 Å². The van der Waals surface area contributed by atoms with Crippen molar-refractivity contribution in [3.63, 3.8) is 0 Å². The molecule has 0 aromatic heterocycles. The van der Waals surface area contributed by atoms with Gasteiger partial charge in [0.25, 0.3) is 11.3 Å². The van der Waals surface area contributed by atoms with Gasteiger partial charge in [0.15, 0.2) is 5.75 Å². The van der Waals surface area contributed by atoms with E-state index < -0.39 is 22.5 Å². The molecule has 0 unspecified atom stereocenters. The van der Waals surface area contributed by atoms with Gasteiger partial charge in [0.2, 0.25) is 5.43 Å². The second-order valence-electron chi connectivity index (χ2n) is 3.54. The molecule has 0 atom stereocenters. The number of anilines is 2. The number of aromatic hydroxyl groups is 1. The maximum atomic E-state index is 11.2. The number of amides is 1. The zero-order valence-electron chi connectivity index (χ0n) is 8.86. The molecule has 0 aliphatic heterocycles. The zero-order chi connectivity index (χ0) is 13.4. The number of hydrogen-bond donors (Lipinski definition) is 3. The van der Waals surface area contributed by atoms with Crippen molar-refractivity contribution in [2.75, 3.05) is 5.32 Å². The number of nitrogens with one attached hydrogen (secondary N) is 1. The summed E-state index contributed by atoms with van der Waals surface area (Å²) in [5.74, 6) is -1.22. The van der Waals surface area contributed by atoms with Crippen LogP contribution in [-0.2, 0) is 0 Å². The van der Waals surface area contributed by atoms with Crippen LogP contribution in [0.2, 0.25) is 5.02 Å². The molecule has 1 amide bonds. The molecule has 7 heteroatoms. The molecule has 0 spiro atoms. The van der Waals surface area contributed by atoms with Crippen molar-refractivity contribution in [3.05, 3.63) is 49.2 Å². The molecule has 18 heavy (non-hydrogen) atoms. The number of carbonyl (C=O) groups excluding carboxylic acids is 1. The first-order valence-corrected chi connectivity index (χ1v) is 5.19. The molecule has 2 aromatic rings. The van der Waals surface area contributed by atoms with Crippen molar-refractivity contribution in [2.24, 2.45) is 5.73 Å². The number of benzene rings is 1. The Balaban J connectivity index is 2.43. The average molecular weight is 267 g/mol. The van der Waals surface area contributed by atoms with Crippen molar-refractivity contribution >= 4 is 28.9 Å². The van der Waals surface area contributed by atoms with Crippen LogP contribution in [-0.4, -0.2) is 11.0 Å². The largest absolute Gasteiger partial charge is 0.505 e. The molecule has 0 radical (unpaired) electrons. The SMILES string of the molecule is NC(=O)c1cccc(Nc2c(Cl)c(=O)c2=O)c1O. The van der Waals surface area contributed by atoms with Gasteiger partial charge in [-0.15, -0.1) is 0 Å². The van der Waals surface area contributed by atoms with E-state index in [0.717, 1.165) is 0 Å². The molecule has 4 N–H and O–H groups in total. The van der Waals surface area contributed by atoms with Crippen molar-refractivity contribution in [2.45, 2.75) is 0 Å². The van der Waals surface area contributed by atoms with Gasteiger partial charge in [-0.2, -0.15) is 0 Å². The summed E-state index contributed by atoms with van der Waals surface area (Å²) in [4.78, 5) is 33.1. The Bertz CT molecular complexity index is 716. The third kappa shape index (κ3) is 1.72. The lowest BCUT2D eigenvalue weighted by Gasteiger charge is -2.11. The van der Waals surface area contributed by atoms with Gasteiger partial charge in [0.05, 0.1) is 11.3 Å². The van der Waals surface area contributed by atoms with Crippen LogP contribution >= 0.6 is 11.6 Å². The minimum absolute atomic E-state index is 0.0697. The highest BCUT2D eigenvalue weighted by atomic mass is 35.5. The molecule has 0 heterocycles. The molecule has 0 aliphatic carbocycles. The maximum absolute atomic E-state index is 11.2. The molecular weight excluding hydrogens is 260 g/mol. The lowest BCUT2D eigenvalue weighted by molar-refractivity contribution is 0.0998. The third-order valence-corrected chi connectivity index (χ3v) is 2.77. The number of nitrogens with two attached hydrogens (primary N) is 1. The van der Waals surface area contributed by atoms with Gasteiger partial charge in [-0.25, -0.2) is 0 Å². The molecule has 0 saturated carbocycles. The predicted molar refractivity (Wildman–Crippen MR) is 66.3 cm³/mol. The quantitative estimate of drug-likeness (QED) is 0.553. The van der Waals surface area contributed by atoms with Gasteiger partial charge >= 0.3 is 0 Å². The van der Waals surface area contributed by atoms with E-state index in [4.69, 9.17) is 17.3 Å². The van der Waals surface area contributed by atoms with E-state index in [1.165, 1.54) is 18.2 Å². The van der Waals surface area contributed by atoms with Gasteiger partial charge in [-0.1, -0.05) is 17.7 Å². The smallest absolute Gasteiger partial charge is 0.252 e. The van der Waals surface area contributed by atoms with Gasteiger partial charge in [-0.05, 0) is 12.1 Å². The van der Waals surface area contributed by atoms with E-state index in [9.17, 15) is 19.5 Å². The lowest BCUT2D eigenvalue weighted by Crippen LogP contribution is -2.33. The fourth-order valence-corrected chi connectivity index (χ4v) is 1.67. The van der Waals surface area contributed by atoms with E-state index in [1.807, 2.05) is 0 Å². The summed E-state index contributed by atoms with van der Waals surface area (Å²) in [5.41, 5.74) is 3.35. The zero-order valence-corrected chi connectivity index (χ0v) is 9.62. The van der Waals surface area contributed by atoms with Crippen LogP contribution in [0.3, 0.4) is 0 Å². The third-order valence-electron chi connectivity index (χ3n) is 2.41. The summed E-state index contributed by atoms with van der Waals surface area (Å²) >= 11 is 5.54. The van der Waals surface area contributed by atoms with Crippen LogP contribution in [0.25, 0.3) is 0 Å². The first-order valence-electron chi connectivity index (χ1n) is 4.81. The summed E-state index contributed by atoms with van der Waals surface area (Å²) in [7, 11) is 0. The van der Waals surface area contributed by atoms with Crippen molar-refractivity contribution in [1.29, 1.82) is 0 Å². The van der Waals surface area contributed by atoms with Crippen LogP contribution in [0.5, 0.6) is 5.75 Å². The Morgan fingerprint density at radius 3 is 2.50 bits per heavy atom. The Labute approximate surface area is 105 Å². The fourth-order valence-electron chi connectivity index (χ4n) is 1.45. The van der Waals surface area contributed by atoms with Crippen LogP contribution in [0.1, 0.15) is 10.4 Å². The van der Waals surface area contributed by atoms with Crippen LogP contribution < -0.4 is 21.9 Å². The summed E-state index contributed by atoms with van der Waals surface area (Å²) < 4.78 is 0. The summed E-state index contributed by atoms with van der Waals surface area (Å²) in [6.07, 6.45) is 0. The van der Waals surface area contributed by atoms with Gasteiger partial charge in [-0.3, -0.25) is 14.4 Å². The van der Waals surface area contributed by atoms with E-state index in [1.54, 1.807) is 0 Å². The van der Waals surface area contributed by atoms with Crippen LogP contribution in [0.15, 0.2) is 27.8 Å². The Hall–Kier alpha value is -2.34. The lowest BCUT2D eigenvalue weighted by atomic mass is 10.1. The first kappa shape index (κ1) is 12.1. The van der Waals surface area contributed by atoms with E-state index in [0.29, 0.717) is 0 Å². The van der Waals surface area contributed by atoms with Crippen LogP contribution in [0, 0.1) is 0 Å². The highest BCUT2D eigenvalue weighted by molar-refractivity contribution is 6.34. The summed E-state index contributed by atoms with van der Waals surface area (Å²) in [6, 6.07) is 4.20. The Kier molecular flexibility index (Phi) is 2.80. The molecule has 92 valence electrons. The number of primary amides is 1. The van der Waals surface area contributed by atoms with Gasteiger partial charge < -0.3 is 16.2 Å². The maximum Gasteiger partial charge on any atom is 0.252 e. The first-order chi connectivity index (χ1) is 8.43. The Morgan fingerprint density at radius 2 is 1.94 bits per heavy atom. The fraction of sp³-hybridized carbons (Fsp3) is 0. The van der Waals surface area contributed by atoms with Crippen molar-refractivity contribution in [3.8, 4) is 5.75 Å². The molecule has 0 bridgehead atoms.